The number of rotatable bonds is 4. The van der Waals surface area contributed by atoms with Gasteiger partial charge in [-0.25, -0.2) is 4.98 Å². The van der Waals surface area contributed by atoms with Gasteiger partial charge in [-0.3, -0.25) is 9.78 Å². The first-order valence-corrected chi connectivity index (χ1v) is 9.53. The first-order valence-electron chi connectivity index (χ1n) is 8.77. The summed E-state index contributed by atoms with van der Waals surface area (Å²) in [6.07, 6.45) is 6.63. The van der Waals surface area contributed by atoms with Gasteiger partial charge in [0.2, 0.25) is 0 Å². The summed E-state index contributed by atoms with van der Waals surface area (Å²) in [4.78, 5) is 21.6. The summed E-state index contributed by atoms with van der Waals surface area (Å²) in [7, 11) is 0. The standard InChI is InChI=1S/C21H16Cl2N4O2/c1-12-11-27-9-3-4-14(20(27)25-12)19(13-7-8-24-10-17(13)28)26-21(29)18-15(22)5-2-6-16(18)23/h2-11,19,28H,1H3,(H,26,29). The summed E-state index contributed by atoms with van der Waals surface area (Å²) in [6.45, 7) is 1.89. The second kappa shape index (κ2) is 7.73. The summed E-state index contributed by atoms with van der Waals surface area (Å²) in [5, 5.41) is 13.8. The number of halogens is 2. The molecule has 0 aliphatic rings. The Balaban J connectivity index is 1.86. The Kier molecular flexibility index (Phi) is 5.13. The topological polar surface area (TPSA) is 79.5 Å². The van der Waals surface area contributed by atoms with Crippen LogP contribution in [0, 0.1) is 6.92 Å². The van der Waals surface area contributed by atoms with E-state index in [1.807, 2.05) is 35.9 Å². The lowest BCUT2D eigenvalue weighted by molar-refractivity contribution is 0.0943. The van der Waals surface area contributed by atoms with Gasteiger partial charge in [0.25, 0.3) is 5.91 Å². The maximum Gasteiger partial charge on any atom is 0.255 e. The van der Waals surface area contributed by atoms with E-state index in [-0.39, 0.29) is 21.4 Å². The average molecular weight is 427 g/mol. The Labute approximate surface area is 176 Å². The predicted octanol–water partition coefficient (Wildman–Crippen LogP) is 4.57. The van der Waals surface area contributed by atoms with Gasteiger partial charge in [0.15, 0.2) is 0 Å². The minimum atomic E-state index is -0.705. The number of aromatic nitrogens is 3. The number of amides is 1. The summed E-state index contributed by atoms with van der Waals surface area (Å²) in [5.74, 6) is -0.513. The van der Waals surface area contributed by atoms with Crippen LogP contribution in [0.5, 0.6) is 5.75 Å². The maximum atomic E-state index is 13.1. The SMILES string of the molecule is Cc1cn2cccc(C(NC(=O)c3c(Cl)cccc3Cl)c3ccncc3O)c2n1. The summed E-state index contributed by atoms with van der Waals surface area (Å²) >= 11 is 12.4. The van der Waals surface area contributed by atoms with E-state index in [1.54, 1.807) is 30.5 Å². The molecular weight excluding hydrogens is 411 g/mol. The molecule has 6 nitrogen and oxygen atoms in total. The van der Waals surface area contributed by atoms with Gasteiger partial charge in [-0.2, -0.15) is 0 Å². The van der Waals surface area contributed by atoms with Crippen LogP contribution in [0.3, 0.4) is 0 Å². The van der Waals surface area contributed by atoms with Crippen molar-refractivity contribution in [2.75, 3.05) is 0 Å². The number of carbonyl (C=O) groups is 1. The molecule has 1 atom stereocenters. The van der Waals surface area contributed by atoms with Crippen LogP contribution in [-0.4, -0.2) is 25.4 Å². The number of pyridine rings is 2. The largest absolute Gasteiger partial charge is 0.506 e. The van der Waals surface area contributed by atoms with Gasteiger partial charge in [-0.05, 0) is 31.2 Å². The zero-order valence-corrected chi connectivity index (χ0v) is 16.8. The van der Waals surface area contributed by atoms with Gasteiger partial charge in [-0.1, -0.05) is 35.3 Å². The number of nitrogens with one attached hydrogen (secondary N) is 1. The van der Waals surface area contributed by atoms with Crippen molar-refractivity contribution in [2.24, 2.45) is 0 Å². The number of aryl methyl sites for hydroxylation is 1. The molecule has 3 heterocycles. The fourth-order valence-electron chi connectivity index (χ4n) is 3.26. The second-order valence-corrected chi connectivity index (χ2v) is 7.33. The van der Waals surface area contributed by atoms with Crippen molar-refractivity contribution < 1.29 is 9.90 Å². The van der Waals surface area contributed by atoms with Gasteiger partial charge in [0.05, 0.1) is 33.5 Å². The quantitative estimate of drug-likeness (QED) is 0.500. The average Bonchev–Trinajstić information content (AvgIpc) is 3.07. The van der Waals surface area contributed by atoms with E-state index in [1.165, 1.54) is 6.20 Å². The van der Waals surface area contributed by atoms with Crippen molar-refractivity contribution in [3.63, 3.8) is 0 Å². The molecule has 1 aromatic carbocycles. The third-order valence-corrected chi connectivity index (χ3v) is 5.18. The maximum absolute atomic E-state index is 13.1. The molecule has 0 saturated carbocycles. The fraction of sp³-hybridized carbons (Fsp3) is 0.0952. The predicted molar refractivity (Wildman–Crippen MR) is 112 cm³/mol. The van der Waals surface area contributed by atoms with E-state index in [2.05, 4.69) is 15.3 Å². The zero-order valence-electron chi connectivity index (χ0n) is 15.3. The summed E-state index contributed by atoms with van der Waals surface area (Å²) < 4.78 is 1.87. The third-order valence-electron chi connectivity index (χ3n) is 4.55. The molecule has 0 saturated heterocycles. The van der Waals surface area contributed by atoms with Gasteiger partial charge in [0, 0.05) is 29.7 Å². The highest BCUT2D eigenvalue weighted by Gasteiger charge is 2.25. The molecule has 29 heavy (non-hydrogen) atoms. The molecule has 3 aromatic heterocycles. The fourth-order valence-corrected chi connectivity index (χ4v) is 3.83. The van der Waals surface area contributed by atoms with E-state index in [9.17, 15) is 9.90 Å². The number of nitrogens with zero attached hydrogens (tertiary/aromatic N) is 3. The van der Waals surface area contributed by atoms with Gasteiger partial charge in [0.1, 0.15) is 11.4 Å². The molecule has 146 valence electrons. The Morgan fingerprint density at radius 1 is 1.14 bits per heavy atom. The third kappa shape index (κ3) is 3.64. The van der Waals surface area contributed by atoms with Crippen molar-refractivity contribution in [3.8, 4) is 5.75 Å². The number of benzene rings is 1. The summed E-state index contributed by atoms with van der Waals surface area (Å²) in [6, 6.07) is 9.50. The number of hydrogen-bond donors (Lipinski definition) is 2. The zero-order chi connectivity index (χ0) is 20.5. The van der Waals surface area contributed by atoms with E-state index in [0.29, 0.717) is 16.8 Å². The van der Waals surface area contributed by atoms with Crippen molar-refractivity contribution in [1.82, 2.24) is 19.7 Å². The Morgan fingerprint density at radius 3 is 2.62 bits per heavy atom. The van der Waals surface area contributed by atoms with Crippen LogP contribution in [0.25, 0.3) is 5.65 Å². The van der Waals surface area contributed by atoms with Crippen LogP contribution in [0.1, 0.15) is 33.2 Å². The van der Waals surface area contributed by atoms with Gasteiger partial charge >= 0.3 is 0 Å². The van der Waals surface area contributed by atoms with Gasteiger partial charge in [-0.15, -0.1) is 0 Å². The lowest BCUT2D eigenvalue weighted by Crippen LogP contribution is -2.30. The second-order valence-electron chi connectivity index (χ2n) is 6.51. The first-order chi connectivity index (χ1) is 14.0. The molecule has 1 amide bonds. The first kappa shape index (κ1) is 19.2. The lowest BCUT2D eigenvalue weighted by Gasteiger charge is -2.21. The molecule has 0 aliphatic heterocycles. The van der Waals surface area contributed by atoms with Crippen LogP contribution < -0.4 is 5.32 Å². The minimum Gasteiger partial charge on any atom is -0.506 e. The number of imidazole rings is 1. The van der Waals surface area contributed by atoms with E-state index < -0.39 is 11.9 Å². The number of hydrogen-bond acceptors (Lipinski definition) is 4. The molecule has 8 heteroatoms. The lowest BCUT2D eigenvalue weighted by atomic mass is 9.99. The molecule has 2 N–H and O–H groups in total. The highest BCUT2D eigenvalue weighted by molar-refractivity contribution is 6.39. The Morgan fingerprint density at radius 2 is 1.90 bits per heavy atom. The molecule has 4 aromatic rings. The molecule has 1 unspecified atom stereocenters. The molecule has 0 bridgehead atoms. The minimum absolute atomic E-state index is 0.0478. The molecule has 0 radical (unpaired) electrons. The number of carbonyl (C=O) groups excluding carboxylic acids is 1. The summed E-state index contributed by atoms with van der Waals surface area (Å²) in [5.41, 5.74) is 2.84. The number of aromatic hydroxyl groups is 1. The normalized spacial score (nSPS) is 12.1. The highest BCUT2D eigenvalue weighted by Crippen LogP contribution is 2.32. The smallest absolute Gasteiger partial charge is 0.255 e. The van der Waals surface area contributed by atoms with Crippen molar-refractivity contribution in [1.29, 1.82) is 0 Å². The van der Waals surface area contributed by atoms with Crippen molar-refractivity contribution >= 4 is 34.8 Å². The van der Waals surface area contributed by atoms with E-state index in [4.69, 9.17) is 23.2 Å². The van der Waals surface area contributed by atoms with Gasteiger partial charge < -0.3 is 14.8 Å². The van der Waals surface area contributed by atoms with Crippen molar-refractivity contribution in [2.45, 2.75) is 13.0 Å². The number of fused-ring (bicyclic) bond motifs is 1. The molecule has 0 fully saturated rings. The van der Waals surface area contributed by atoms with E-state index in [0.717, 1.165) is 5.69 Å². The molecule has 4 rings (SSSR count). The Bertz CT molecular complexity index is 1200. The van der Waals surface area contributed by atoms with Crippen molar-refractivity contribution in [3.05, 3.63) is 93.6 Å². The monoisotopic (exact) mass is 426 g/mol. The molecule has 0 aliphatic carbocycles. The van der Waals surface area contributed by atoms with Crippen LogP contribution >= 0.6 is 23.2 Å². The van der Waals surface area contributed by atoms with Crippen LogP contribution in [-0.2, 0) is 0 Å². The van der Waals surface area contributed by atoms with Crippen LogP contribution in [0.4, 0.5) is 0 Å². The van der Waals surface area contributed by atoms with Crippen LogP contribution in [0.15, 0.2) is 61.2 Å². The Hall–Kier alpha value is -3.09. The molecular formula is C21H16Cl2N4O2. The molecule has 0 spiro atoms. The van der Waals surface area contributed by atoms with E-state index >= 15 is 0 Å². The highest BCUT2D eigenvalue weighted by atomic mass is 35.5. The van der Waals surface area contributed by atoms with Crippen LogP contribution in [0.2, 0.25) is 10.0 Å².